The van der Waals surface area contributed by atoms with E-state index in [0.29, 0.717) is 6.54 Å². The van der Waals surface area contributed by atoms with Gasteiger partial charge in [0.15, 0.2) is 0 Å². The van der Waals surface area contributed by atoms with Gasteiger partial charge in [-0.1, -0.05) is 12.2 Å². The summed E-state index contributed by atoms with van der Waals surface area (Å²) in [5.74, 6) is 0.0649. The second-order valence-corrected chi connectivity index (χ2v) is 3.50. The van der Waals surface area contributed by atoms with E-state index in [2.05, 4.69) is 16.0 Å². The van der Waals surface area contributed by atoms with Crippen LogP contribution < -0.4 is 21.7 Å². The highest BCUT2D eigenvalue weighted by Crippen LogP contribution is 2.13. The summed E-state index contributed by atoms with van der Waals surface area (Å²) in [6.07, 6.45) is 9.24. The smallest absolute Gasteiger partial charge is 0.316 e. The van der Waals surface area contributed by atoms with Crippen LogP contribution in [0.5, 0.6) is 0 Å². The molecule has 0 aromatic carbocycles. The number of amides is 2. The molecule has 2 aliphatic rings. The predicted octanol–water partition coefficient (Wildman–Crippen LogP) is -0.243. The maximum absolute atomic E-state index is 11.0. The van der Waals surface area contributed by atoms with Crippen LogP contribution in [0.25, 0.3) is 0 Å². The first-order valence-electron chi connectivity index (χ1n) is 4.87. The molecule has 1 saturated heterocycles. The molecule has 5 heteroatoms. The summed E-state index contributed by atoms with van der Waals surface area (Å²) in [5, 5.41) is 8.51. The third-order valence-corrected chi connectivity index (χ3v) is 2.46. The van der Waals surface area contributed by atoms with Crippen molar-refractivity contribution < 1.29 is 4.79 Å². The van der Waals surface area contributed by atoms with E-state index in [1.54, 1.807) is 0 Å². The van der Waals surface area contributed by atoms with E-state index in [1.807, 2.05) is 30.5 Å². The molecule has 0 bridgehead atoms. The number of hydrogen-bond acceptors (Lipinski definition) is 3. The van der Waals surface area contributed by atoms with Gasteiger partial charge in [0, 0.05) is 24.4 Å². The third kappa shape index (κ3) is 2.19. The topological polar surface area (TPSA) is 79.2 Å². The van der Waals surface area contributed by atoms with Crippen molar-refractivity contribution in [1.29, 1.82) is 0 Å². The SMILES string of the molecule is NC1NC(=O)NCC1C1=CC=CC=CN1. The van der Waals surface area contributed by atoms with Gasteiger partial charge >= 0.3 is 6.03 Å². The van der Waals surface area contributed by atoms with Gasteiger partial charge in [0.05, 0.1) is 6.17 Å². The third-order valence-electron chi connectivity index (χ3n) is 2.46. The average Bonchev–Trinajstić information content (AvgIpc) is 2.46. The van der Waals surface area contributed by atoms with Gasteiger partial charge < -0.3 is 21.7 Å². The molecule has 2 rings (SSSR count). The van der Waals surface area contributed by atoms with E-state index in [4.69, 9.17) is 5.73 Å². The van der Waals surface area contributed by atoms with Crippen molar-refractivity contribution in [1.82, 2.24) is 16.0 Å². The van der Waals surface area contributed by atoms with Crippen molar-refractivity contribution in [2.45, 2.75) is 6.17 Å². The maximum Gasteiger partial charge on any atom is 0.316 e. The number of carbonyl (C=O) groups is 1. The second kappa shape index (κ2) is 4.18. The van der Waals surface area contributed by atoms with Gasteiger partial charge in [0.1, 0.15) is 0 Å². The zero-order valence-electron chi connectivity index (χ0n) is 8.23. The van der Waals surface area contributed by atoms with Crippen molar-refractivity contribution in [2.24, 2.45) is 11.7 Å². The normalized spacial score (nSPS) is 29.7. The van der Waals surface area contributed by atoms with Crippen molar-refractivity contribution in [3.05, 3.63) is 36.2 Å². The van der Waals surface area contributed by atoms with Gasteiger partial charge in [-0.25, -0.2) is 4.79 Å². The Labute approximate surface area is 88.1 Å². The minimum atomic E-state index is -0.350. The van der Waals surface area contributed by atoms with E-state index in [1.165, 1.54) is 0 Å². The van der Waals surface area contributed by atoms with Gasteiger partial charge in [-0.05, 0) is 12.2 Å². The fraction of sp³-hybridized carbons (Fsp3) is 0.300. The number of nitrogens with one attached hydrogen (secondary N) is 3. The summed E-state index contributed by atoms with van der Waals surface area (Å²) >= 11 is 0. The van der Waals surface area contributed by atoms with Crippen LogP contribution in [0.2, 0.25) is 0 Å². The lowest BCUT2D eigenvalue weighted by Crippen LogP contribution is -2.60. The Hall–Kier alpha value is -1.75. The molecule has 1 fully saturated rings. The maximum atomic E-state index is 11.0. The van der Waals surface area contributed by atoms with Gasteiger partial charge in [-0.15, -0.1) is 0 Å². The van der Waals surface area contributed by atoms with E-state index >= 15 is 0 Å². The fourth-order valence-electron chi connectivity index (χ4n) is 1.64. The molecule has 15 heavy (non-hydrogen) atoms. The minimum Gasteiger partial charge on any atom is -0.365 e. The molecule has 2 amide bonds. The molecule has 80 valence electrons. The lowest BCUT2D eigenvalue weighted by atomic mass is 10.00. The van der Waals surface area contributed by atoms with Crippen LogP contribution in [0.1, 0.15) is 0 Å². The molecule has 0 radical (unpaired) electrons. The molecule has 0 aromatic rings. The Balaban J connectivity index is 2.10. The van der Waals surface area contributed by atoms with Crippen LogP contribution in [0, 0.1) is 5.92 Å². The summed E-state index contributed by atoms with van der Waals surface area (Å²) in [6, 6.07) is -0.209. The van der Waals surface area contributed by atoms with Gasteiger partial charge in [-0.3, -0.25) is 0 Å². The van der Waals surface area contributed by atoms with E-state index in [9.17, 15) is 4.79 Å². The Kier molecular flexibility index (Phi) is 2.73. The zero-order chi connectivity index (χ0) is 10.7. The summed E-state index contributed by atoms with van der Waals surface area (Å²) in [6.45, 7) is 0.549. The first-order chi connectivity index (χ1) is 7.27. The molecule has 2 heterocycles. The van der Waals surface area contributed by atoms with Gasteiger partial charge in [0.2, 0.25) is 0 Å². The summed E-state index contributed by atoms with van der Waals surface area (Å²) in [5.41, 5.74) is 6.85. The molecule has 2 unspecified atom stereocenters. The number of allylic oxidation sites excluding steroid dienone is 4. The predicted molar refractivity (Wildman–Crippen MR) is 57.5 cm³/mol. The Morgan fingerprint density at radius 1 is 1.33 bits per heavy atom. The molecular weight excluding hydrogens is 192 g/mol. The second-order valence-electron chi connectivity index (χ2n) is 3.50. The highest BCUT2D eigenvalue weighted by molar-refractivity contribution is 5.75. The number of rotatable bonds is 1. The first kappa shape index (κ1) is 9.79. The van der Waals surface area contributed by atoms with Crippen molar-refractivity contribution in [2.75, 3.05) is 6.54 Å². The lowest BCUT2D eigenvalue weighted by Gasteiger charge is -2.31. The molecule has 0 aromatic heterocycles. The first-order valence-corrected chi connectivity index (χ1v) is 4.87. The summed E-state index contributed by atoms with van der Waals surface area (Å²) in [7, 11) is 0. The highest BCUT2D eigenvalue weighted by Gasteiger charge is 2.27. The number of nitrogens with two attached hydrogens (primary N) is 1. The van der Waals surface area contributed by atoms with Gasteiger partial charge in [0.25, 0.3) is 0 Å². The van der Waals surface area contributed by atoms with E-state index < -0.39 is 0 Å². The largest absolute Gasteiger partial charge is 0.365 e. The monoisotopic (exact) mass is 206 g/mol. The van der Waals surface area contributed by atoms with Crippen molar-refractivity contribution >= 4 is 6.03 Å². The van der Waals surface area contributed by atoms with Crippen molar-refractivity contribution in [3.63, 3.8) is 0 Å². The highest BCUT2D eigenvalue weighted by atomic mass is 16.2. The minimum absolute atomic E-state index is 0.0649. The molecule has 5 N–H and O–H groups in total. The lowest BCUT2D eigenvalue weighted by molar-refractivity contribution is 0.219. The summed E-state index contributed by atoms with van der Waals surface area (Å²) < 4.78 is 0. The molecule has 0 saturated carbocycles. The van der Waals surface area contributed by atoms with Crippen LogP contribution in [-0.4, -0.2) is 18.7 Å². The molecule has 2 atom stereocenters. The molecule has 2 aliphatic heterocycles. The van der Waals surface area contributed by atoms with Crippen LogP contribution in [0.4, 0.5) is 4.79 Å². The number of carbonyl (C=O) groups excluding carboxylic acids is 1. The molecule has 0 spiro atoms. The molecule has 0 aliphatic carbocycles. The van der Waals surface area contributed by atoms with E-state index in [0.717, 1.165) is 5.70 Å². The van der Waals surface area contributed by atoms with Gasteiger partial charge in [-0.2, -0.15) is 0 Å². The van der Waals surface area contributed by atoms with E-state index in [-0.39, 0.29) is 18.1 Å². The Morgan fingerprint density at radius 2 is 2.20 bits per heavy atom. The average molecular weight is 206 g/mol. The Morgan fingerprint density at radius 3 is 3.00 bits per heavy atom. The zero-order valence-corrected chi connectivity index (χ0v) is 8.23. The number of hydrogen-bond donors (Lipinski definition) is 4. The van der Waals surface area contributed by atoms with Crippen LogP contribution >= 0.6 is 0 Å². The fourth-order valence-corrected chi connectivity index (χ4v) is 1.64. The summed E-state index contributed by atoms with van der Waals surface area (Å²) in [4.78, 5) is 11.0. The molecule has 5 nitrogen and oxygen atoms in total. The van der Waals surface area contributed by atoms with Crippen LogP contribution in [0.3, 0.4) is 0 Å². The quantitative estimate of drug-likeness (QED) is 0.478. The number of urea groups is 1. The Bertz CT molecular complexity index is 345. The van der Waals surface area contributed by atoms with Crippen LogP contribution in [-0.2, 0) is 0 Å². The van der Waals surface area contributed by atoms with Crippen LogP contribution in [0.15, 0.2) is 36.2 Å². The van der Waals surface area contributed by atoms with Crippen molar-refractivity contribution in [3.8, 4) is 0 Å². The molecular formula is C10H14N4O. The standard InChI is InChI=1S/C10H14N4O/c11-9-7(6-13-10(15)14-9)8-4-2-1-3-5-12-8/h1-5,7,9,12H,6,11H2,(H2,13,14,15).